The molecular weight excluding hydrogens is 278 g/mol. The topological polar surface area (TPSA) is 59.2 Å². The average molecular weight is 295 g/mol. The van der Waals surface area contributed by atoms with Crippen molar-refractivity contribution in [2.75, 3.05) is 11.9 Å². The van der Waals surface area contributed by atoms with Crippen LogP contribution in [0, 0.1) is 6.92 Å². The van der Waals surface area contributed by atoms with Gasteiger partial charge in [0.2, 0.25) is 0 Å². The second-order valence-corrected chi connectivity index (χ2v) is 5.53. The Hall–Kier alpha value is -2.69. The lowest BCUT2D eigenvalue weighted by molar-refractivity contribution is 0.101. The standard InChI is InChI=1S/C17H17N3O2/c1-11-4-6-13(7-5-11)10-20(3)16-9-14(12(2)21)8-15-17(16)19-22-18-15/h4-9H,10H2,1-3H3. The third kappa shape index (κ3) is 2.70. The van der Waals surface area contributed by atoms with Gasteiger partial charge < -0.3 is 4.90 Å². The maximum Gasteiger partial charge on any atom is 0.159 e. The molecule has 0 aliphatic carbocycles. The highest BCUT2D eigenvalue weighted by atomic mass is 16.6. The Labute approximate surface area is 128 Å². The Morgan fingerprint density at radius 2 is 1.91 bits per heavy atom. The van der Waals surface area contributed by atoms with Crippen LogP contribution in [0.15, 0.2) is 41.0 Å². The summed E-state index contributed by atoms with van der Waals surface area (Å²) in [5.41, 5.74) is 5.12. The van der Waals surface area contributed by atoms with Crippen LogP contribution in [0.1, 0.15) is 28.4 Å². The Morgan fingerprint density at radius 1 is 1.18 bits per heavy atom. The zero-order valence-corrected chi connectivity index (χ0v) is 12.8. The van der Waals surface area contributed by atoms with Crippen LogP contribution in [-0.4, -0.2) is 23.1 Å². The number of nitrogens with zero attached hydrogens (tertiary/aromatic N) is 3. The molecule has 5 heteroatoms. The monoisotopic (exact) mass is 295 g/mol. The minimum absolute atomic E-state index is 0.00474. The molecule has 3 rings (SSSR count). The Bertz CT molecular complexity index is 822. The number of ketones is 1. The Kier molecular flexibility index (Phi) is 3.63. The summed E-state index contributed by atoms with van der Waals surface area (Å²) in [7, 11) is 1.97. The van der Waals surface area contributed by atoms with E-state index in [9.17, 15) is 4.79 Å². The molecule has 0 atom stereocenters. The maximum absolute atomic E-state index is 11.7. The van der Waals surface area contributed by atoms with Crippen molar-refractivity contribution in [3.63, 3.8) is 0 Å². The van der Waals surface area contributed by atoms with Gasteiger partial charge >= 0.3 is 0 Å². The zero-order chi connectivity index (χ0) is 15.7. The van der Waals surface area contributed by atoms with Crippen LogP contribution in [-0.2, 0) is 6.54 Å². The van der Waals surface area contributed by atoms with Crippen LogP contribution < -0.4 is 4.90 Å². The highest BCUT2D eigenvalue weighted by Gasteiger charge is 2.15. The van der Waals surface area contributed by atoms with Crippen molar-refractivity contribution < 1.29 is 9.42 Å². The number of carbonyl (C=O) groups excluding carboxylic acids is 1. The summed E-state index contributed by atoms with van der Waals surface area (Å²) in [5.74, 6) is -0.00474. The normalized spacial score (nSPS) is 10.9. The fraction of sp³-hybridized carbons (Fsp3) is 0.235. The van der Waals surface area contributed by atoms with Gasteiger partial charge in [-0.05, 0) is 41.9 Å². The highest BCUT2D eigenvalue weighted by molar-refractivity contribution is 6.01. The van der Waals surface area contributed by atoms with E-state index in [2.05, 4.69) is 41.5 Å². The first-order valence-corrected chi connectivity index (χ1v) is 7.08. The number of hydrogen-bond donors (Lipinski definition) is 0. The predicted octanol–water partition coefficient (Wildman–Crippen LogP) is 3.37. The number of anilines is 1. The highest BCUT2D eigenvalue weighted by Crippen LogP contribution is 2.27. The van der Waals surface area contributed by atoms with E-state index in [1.54, 1.807) is 13.0 Å². The smallest absolute Gasteiger partial charge is 0.159 e. The van der Waals surface area contributed by atoms with Gasteiger partial charge in [-0.15, -0.1) is 0 Å². The molecule has 3 aromatic rings. The number of aryl methyl sites for hydroxylation is 1. The van der Waals surface area contributed by atoms with E-state index in [4.69, 9.17) is 4.63 Å². The lowest BCUT2D eigenvalue weighted by Gasteiger charge is -2.20. The van der Waals surface area contributed by atoms with Crippen LogP contribution in [0.3, 0.4) is 0 Å². The van der Waals surface area contributed by atoms with Crippen molar-refractivity contribution in [3.8, 4) is 0 Å². The molecule has 0 saturated carbocycles. The summed E-state index contributed by atoms with van der Waals surface area (Å²) in [6.45, 7) is 4.32. The molecule has 0 radical (unpaired) electrons. The van der Waals surface area contributed by atoms with Gasteiger partial charge in [-0.1, -0.05) is 29.8 Å². The van der Waals surface area contributed by atoms with Gasteiger partial charge in [0.1, 0.15) is 5.52 Å². The third-order valence-electron chi connectivity index (χ3n) is 3.70. The summed E-state index contributed by atoms with van der Waals surface area (Å²) in [4.78, 5) is 13.7. The number of rotatable bonds is 4. The van der Waals surface area contributed by atoms with Gasteiger partial charge in [-0.3, -0.25) is 4.79 Å². The number of Topliss-reactive ketones (excluding diaryl/α,β-unsaturated/α-hetero) is 1. The van der Waals surface area contributed by atoms with E-state index < -0.39 is 0 Å². The molecule has 22 heavy (non-hydrogen) atoms. The maximum atomic E-state index is 11.7. The van der Waals surface area contributed by atoms with Crippen LogP contribution in [0.2, 0.25) is 0 Å². The zero-order valence-electron chi connectivity index (χ0n) is 12.8. The average Bonchev–Trinajstić information content (AvgIpc) is 2.96. The quantitative estimate of drug-likeness (QED) is 0.691. The Morgan fingerprint density at radius 3 is 2.59 bits per heavy atom. The molecule has 0 fully saturated rings. The summed E-state index contributed by atoms with van der Waals surface area (Å²) in [6.07, 6.45) is 0. The lowest BCUT2D eigenvalue weighted by Crippen LogP contribution is -2.17. The number of hydrogen-bond acceptors (Lipinski definition) is 5. The predicted molar refractivity (Wildman–Crippen MR) is 85.1 cm³/mol. The van der Waals surface area contributed by atoms with Crippen LogP contribution in [0.4, 0.5) is 5.69 Å². The molecule has 0 bridgehead atoms. The number of benzene rings is 2. The molecule has 1 heterocycles. The first-order valence-electron chi connectivity index (χ1n) is 7.08. The van der Waals surface area contributed by atoms with Gasteiger partial charge in [-0.2, -0.15) is 0 Å². The van der Waals surface area contributed by atoms with Gasteiger partial charge in [0.05, 0.1) is 5.69 Å². The second kappa shape index (κ2) is 5.60. The molecule has 0 saturated heterocycles. The van der Waals surface area contributed by atoms with E-state index in [0.29, 0.717) is 23.1 Å². The molecule has 0 amide bonds. The largest absolute Gasteiger partial charge is 0.368 e. The minimum atomic E-state index is -0.00474. The molecular formula is C17H17N3O2. The van der Waals surface area contributed by atoms with Gasteiger partial charge in [0.25, 0.3) is 0 Å². The van der Waals surface area contributed by atoms with Crippen molar-refractivity contribution in [1.29, 1.82) is 0 Å². The van der Waals surface area contributed by atoms with Crippen LogP contribution in [0.5, 0.6) is 0 Å². The first-order chi connectivity index (χ1) is 10.5. The van der Waals surface area contributed by atoms with Gasteiger partial charge in [0.15, 0.2) is 11.3 Å². The minimum Gasteiger partial charge on any atom is -0.368 e. The van der Waals surface area contributed by atoms with Crippen molar-refractivity contribution in [2.45, 2.75) is 20.4 Å². The van der Waals surface area contributed by atoms with Gasteiger partial charge in [0, 0.05) is 19.2 Å². The van der Waals surface area contributed by atoms with Crippen LogP contribution in [0.25, 0.3) is 11.0 Å². The lowest BCUT2D eigenvalue weighted by atomic mass is 10.1. The molecule has 2 aromatic carbocycles. The van der Waals surface area contributed by atoms with Crippen LogP contribution >= 0.6 is 0 Å². The van der Waals surface area contributed by atoms with E-state index in [0.717, 1.165) is 5.69 Å². The summed E-state index contributed by atoms with van der Waals surface area (Å²) in [5, 5.41) is 7.82. The second-order valence-electron chi connectivity index (χ2n) is 5.53. The molecule has 0 N–H and O–H groups in total. The summed E-state index contributed by atoms with van der Waals surface area (Å²) in [6, 6.07) is 11.9. The SMILES string of the molecule is CC(=O)c1cc(N(C)Cc2ccc(C)cc2)c2nonc2c1. The van der Waals surface area contributed by atoms with E-state index >= 15 is 0 Å². The fourth-order valence-corrected chi connectivity index (χ4v) is 2.42. The van der Waals surface area contributed by atoms with E-state index in [-0.39, 0.29) is 5.78 Å². The summed E-state index contributed by atoms with van der Waals surface area (Å²) < 4.78 is 4.82. The van der Waals surface area contributed by atoms with E-state index in [1.807, 2.05) is 18.0 Å². The molecule has 0 spiro atoms. The van der Waals surface area contributed by atoms with Crippen molar-refractivity contribution in [1.82, 2.24) is 10.3 Å². The Balaban J connectivity index is 1.98. The molecule has 0 unspecified atom stereocenters. The van der Waals surface area contributed by atoms with Crippen molar-refractivity contribution in [3.05, 3.63) is 53.1 Å². The number of aromatic nitrogens is 2. The fourth-order valence-electron chi connectivity index (χ4n) is 2.42. The molecule has 0 aliphatic heterocycles. The van der Waals surface area contributed by atoms with Crippen molar-refractivity contribution >= 4 is 22.5 Å². The molecule has 1 aromatic heterocycles. The molecule has 5 nitrogen and oxygen atoms in total. The number of fused-ring (bicyclic) bond motifs is 1. The molecule has 112 valence electrons. The number of carbonyl (C=O) groups is 1. The summed E-state index contributed by atoms with van der Waals surface area (Å²) >= 11 is 0. The molecule has 0 aliphatic rings. The van der Waals surface area contributed by atoms with E-state index in [1.165, 1.54) is 11.1 Å². The van der Waals surface area contributed by atoms with Gasteiger partial charge in [-0.25, -0.2) is 4.63 Å². The first kappa shape index (κ1) is 14.3. The third-order valence-corrected chi connectivity index (χ3v) is 3.70. The van der Waals surface area contributed by atoms with Crippen molar-refractivity contribution in [2.24, 2.45) is 0 Å².